The minimum absolute atomic E-state index is 0.214. The molecule has 1 atom stereocenters. The monoisotopic (exact) mass is 210 g/mol. The van der Waals surface area contributed by atoms with Crippen molar-refractivity contribution in [3.63, 3.8) is 0 Å². The summed E-state index contributed by atoms with van der Waals surface area (Å²) in [6, 6.07) is 8.05. The Morgan fingerprint density at radius 1 is 1.33 bits per heavy atom. The Hall–Kier alpha value is -1.39. The van der Waals surface area contributed by atoms with E-state index < -0.39 is 11.8 Å². The second-order valence-electron chi connectivity index (χ2n) is 3.48. The SMILES string of the molecule is CC(C)OC(O)(C(=O)O)c1ccccc1. The molecule has 0 heterocycles. The third-order valence-corrected chi connectivity index (χ3v) is 1.86. The highest BCUT2D eigenvalue weighted by Gasteiger charge is 2.40. The van der Waals surface area contributed by atoms with Gasteiger partial charge in [-0.2, -0.15) is 0 Å². The molecule has 1 rings (SSSR count). The minimum Gasteiger partial charge on any atom is -0.477 e. The Morgan fingerprint density at radius 2 is 1.87 bits per heavy atom. The average molecular weight is 210 g/mol. The summed E-state index contributed by atoms with van der Waals surface area (Å²) in [6.07, 6.45) is -0.383. The molecule has 1 aromatic carbocycles. The van der Waals surface area contributed by atoms with Gasteiger partial charge in [0.05, 0.1) is 6.10 Å². The number of rotatable bonds is 4. The third-order valence-electron chi connectivity index (χ3n) is 1.86. The molecule has 15 heavy (non-hydrogen) atoms. The zero-order valence-electron chi connectivity index (χ0n) is 8.68. The van der Waals surface area contributed by atoms with Crippen LogP contribution in [0.5, 0.6) is 0 Å². The molecule has 2 N–H and O–H groups in total. The van der Waals surface area contributed by atoms with Crippen molar-refractivity contribution in [1.29, 1.82) is 0 Å². The third kappa shape index (κ3) is 2.55. The minimum atomic E-state index is -2.27. The van der Waals surface area contributed by atoms with Crippen molar-refractivity contribution in [2.45, 2.75) is 25.7 Å². The molecule has 0 aliphatic heterocycles. The molecule has 0 saturated carbocycles. The summed E-state index contributed by atoms with van der Waals surface area (Å²) in [6.45, 7) is 3.33. The number of benzene rings is 1. The molecule has 0 fully saturated rings. The lowest BCUT2D eigenvalue weighted by Crippen LogP contribution is -2.40. The van der Waals surface area contributed by atoms with Gasteiger partial charge in [-0.05, 0) is 13.8 Å². The van der Waals surface area contributed by atoms with Crippen molar-refractivity contribution in [3.8, 4) is 0 Å². The Balaban J connectivity index is 3.07. The predicted molar refractivity (Wildman–Crippen MR) is 54.2 cm³/mol. The fourth-order valence-electron chi connectivity index (χ4n) is 1.25. The summed E-state index contributed by atoms with van der Waals surface area (Å²) < 4.78 is 5.04. The van der Waals surface area contributed by atoms with Crippen molar-refractivity contribution >= 4 is 5.97 Å². The highest BCUT2D eigenvalue weighted by Crippen LogP contribution is 2.24. The van der Waals surface area contributed by atoms with E-state index in [1.807, 2.05) is 0 Å². The maximum absolute atomic E-state index is 11.0. The Bertz CT molecular complexity index is 334. The van der Waals surface area contributed by atoms with E-state index in [4.69, 9.17) is 9.84 Å². The molecular weight excluding hydrogens is 196 g/mol. The van der Waals surface area contributed by atoms with Gasteiger partial charge in [0.2, 0.25) is 0 Å². The van der Waals surface area contributed by atoms with E-state index in [-0.39, 0.29) is 11.7 Å². The molecule has 0 radical (unpaired) electrons. The van der Waals surface area contributed by atoms with E-state index in [1.54, 1.807) is 32.0 Å². The average Bonchev–Trinajstić information content (AvgIpc) is 2.17. The summed E-state index contributed by atoms with van der Waals surface area (Å²) in [5, 5.41) is 18.9. The van der Waals surface area contributed by atoms with Crippen LogP contribution < -0.4 is 0 Å². The molecule has 0 aromatic heterocycles. The molecule has 1 unspecified atom stereocenters. The Labute approximate surface area is 88.1 Å². The summed E-state index contributed by atoms with van der Waals surface area (Å²) in [7, 11) is 0. The van der Waals surface area contributed by atoms with Crippen LogP contribution in [-0.4, -0.2) is 22.3 Å². The first-order chi connectivity index (χ1) is 6.97. The van der Waals surface area contributed by atoms with Gasteiger partial charge >= 0.3 is 5.97 Å². The molecule has 1 aromatic rings. The van der Waals surface area contributed by atoms with Gasteiger partial charge in [0, 0.05) is 5.56 Å². The van der Waals surface area contributed by atoms with Crippen molar-refractivity contribution in [2.24, 2.45) is 0 Å². The fraction of sp³-hybridized carbons (Fsp3) is 0.364. The molecule has 0 aliphatic rings. The molecule has 82 valence electrons. The van der Waals surface area contributed by atoms with Crippen LogP contribution in [-0.2, 0) is 15.3 Å². The highest BCUT2D eigenvalue weighted by molar-refractivity contribution is 5.77. The van der Waals surface area contributed by atoms with Gasteiger partial charge in [-0.25, -0.2) is 4.79 Å². The number of ether oxygens (including phenoxy) is 1. The number of carboxylic acids is 1. The summed E-state index contributed by atoms with van der Waals surface area (Å²) in [4.78, 5) is 11.0. The van der Waals surface area contributed by atoms with Crippen LogP contribution in [0.2, 0.25) is 0 Å². The topological polar surface area (TPSA) is 66.8 Å². The van der Waals surface area contributed by atoms with E-state index in [0.717, 1.165) is 0 Å². The number of aliphatic hydroxyl groups is 1. The maximum Gasteiger partial charge on any atom is 0.369 e. The fourth-order valence-corrected chi connectivity index (χ4v) is 1.25. The van der Waals surface area contributed by atoms with Gasteiger partial charge in [0.15, 0.2) is 0 Å². The second kappa shape index (κ2) is 4.42. The largest absolute Gasteiger partial charge is 0.477 e. The van der Waals surface area contributed by atoms with Gasteiger partial charge in [-0.3, -0.25) is 0 Å². The van der Waals surface area contributed by atoms with Crippen LogP contribution in [0.25, 0.3) is 0 Å². The van der Waals surface area contributed by atoms with Gasteiger partial charge in [0.1, 0.15) is 0 Å². The number of hydrogen-bond donors (Lipinski definition) is 2. The molecule has 0 saturated heterocycles. The molecule has 0 spiro atoms. The Morgan fingerprint density at radius 3 is 2.27 bits per heavy atom. The molecule has 0 aliphatic carbocycles. The quantitative estimate of drug-likeness (QED) is 0.736. The molecule has 4 nitrogen and oxygen atoms in total. The Kier molecular flexibility index (Phi) is 3.44. The number of aliphatic carboxylic acids is 1. The standard InChI is InChI=1S/C11H14O4/c1-8(2)15-11(14,10(12)13)9-6-4-3-5-7-9/h3-8,14H,1-2H3,(H,12,13). The van der Waals surface area contributed by atoms with Gasteiger partial charge in [-0.15, -0.1) is 0 Å². The van der Waals surface area contributed by atoms with E-state index in [2.05, 4.69) is 0 Å². The van der Waals surface area contributed by atoms with Crippen molar-refractivity contribution in [1.82, 2.24) is 0 Å². The highest BCUT2D eigenvalue weighted by atomic mass is 16.7. The smallest absolute Gasteiger partial charge is 0.369 e. The maximum atomic E-state index is 11.0. The number of carbonyl (C=O) groups is 1. The van der Waals surface area contributed by atoms with Crippen LogP contribution in [0.1, 0.15) is 19.4 Å². The first-order valence-electron chi connectivity index (χ1n) is 4.66. The van der Waals surface area contributed by atoms with Crippen molar-refractivity contribution in [3.05, 3.63) is 35.9 Å². The van der Waals surface area contributed by atoms with Crippen molar-refractivity contribution < 1.29 is 19.7 Å². The van der Waals surface area contributed by atoms with Crippen LogP contribution in [0.3, 0.4) is 0 Å². The summed E-state index contributed by atoms with van der Waals surface area (Å²) >= 11 is 0. The van der Waals surface area contributed by atoms with Crippen LogP contribution in [0.15, 0.2) is 30.3 Å². The molecule has 4 heteroatoms. The molecular formula is C11H14O4. The zero-order chi connectivity index (χ0) is 11.5. The van der Waals surface area contributed by atoms with Crippen LogP contribution in [0.4, 0.5) is 0 Å². The van der Waals surface area contributed by atoms with Crippen LogP contribution >= 0.6 is 0 Å². The van der Waals surface area contributed by atoms with Crippen LogP contribution in [0, 0.1) is 0 Å². The van der Waals surface area contributed by atoms with Gasteiger partial charge in [-0.1, -0.05) is 30.3 Å². The number of carboxylic acid groups (broad SMARTS) is 1. The normalized spacial score (nSPS) is 14.9. The lowest BCUT2D eigenvalue weighted by molar-refractivity contribution is -0.241. The first kappa shape index (κ1) is 11.7. The van der Waals surface area contributed by atoms with E-state index in [9.17, 15) is 9.90 Å². The second-order valence-corrected chi connectivity index (χ2v) is 3.48. The number of hydrogen-bond acceptors (Lipinski definition) is 3. The lowest BCUT2D eigenvalue weighted by Gasteiger charge is -2.26. The van der Waals surface area contributed by atoms with Crippen molar-refractivity contribution in [2.75, 3.05) is 0 Å². The first-order valence-corrected chi connectivity index (χ1v) is 4.66. The van der Waals surface area contributed by atoms with Gasteiger partial charge < -0.3 is 14.9 Å². The van der Waals surface area contributed by atoms with E-state index >= 15 is 0 Å². The van der Waals surface area contributed by atoms with E-state index in [1.165, 1.54) is 12.1 Å². The van der Waals surface area contributed by atoms with Gasteiger partial charge in [0.25, 0.3) is 5.79 Å². The molecule has 0 amide bonds. The molecule has 0 bridgehead atoms. The zero-order valence-corrected chi connectivity index (χ0v) is 8.68. The summed E-state index contributed by atoms with van der Waals surface area (Å²) in [5.41, 5.74) is 0.214. The summed E-state index contributed by atoms with van der Waals surface area (Å²) in [5.74, 6) is -3.68. The lowest BCUT2D eigenvalue weighted by atomic mass is 10.1. The van der Waals surface area contributed by atoms with E-state index in [0.29, 0.717) is 0 Å². The predicted octanol–water partition coefficient (Wildman–Crippen LogP) is 1.34.